The van der Waals surface area contributed by atoms with Crippen LogP contribution in [0.1, 0.15) is 11.1 Å². The van der Waals surface area contributed by atoms with Crippen LogP contribution in [0.5, 0.6) is 0 Å². The smallest absolute Gasteiger partial charge is 0.237 e. The Labute approximate surface area is 117 Å². The highest BCUT2D eigenvalue weighted by Crippen LogP contribution is 2.28. The van der Waals surface area contributed by atoms with Gasteiger partial charge in [-0.05, 0) is 12.5 Å². The number of rotatable bonds is 5. The number of aryl methyl sites for hydroxylation is 1. The minimum atomic E-state index is -0.738. The number of primary amides is 1. The molecule has 1 amide bonds. The Balaban J connectivity index is 2.19. The molecule has 1 fully saturated rings. The zero-order valence-electron chi connectivity index (χ0n) is 11.4. The van der Waals surface area contributed by atoms with E-state index in [0.29, 0.717) is 6.54 Å². The van der Waals surface area contributed by atoms with Crippen LogP contribution in [0.3, 0.4) is 0 Å². The first kappa shape index (κ1) is 14.9. The molecule has 0 saturated carbocycles. The van der Waals surface area contributed by atoms with Crippen LogP contribution in [0.2, 0.25) is 0 Å². The molecule has 0 radical (unpaired) electrons. The molecule has 1 aromatic rings. The molecule has 0 aliphatic carbocycles. The maximum Gasteiger partial charge on any atom is 0.237 e. The van der Waals surface area contributed by atoms with E-state index in [1.165, 1.54) is 5.06 Å². The second kappa shape index (κ2) is 6.32. The van der Waals surface area contributed by atoms with Crippen LogP contribution < -0.4 is 5.73 Å². The van der Waals surface area contributed by atoms with Gasteiger partial charge in [0.25, 0.3) is 0 Å². The van der Waals surface area contributed by atoms with E-state index in [0.717, 1.165) is 11.1 Å². The van der Waals surface area contributed by atoms with Crippen molar-refractivity contribution in [2.75, 3.05) is 13.2 Å². The van der Waals surface area contributed by atoms with Crippen molar-refractivity contribution in [3.63, 3.8) is 0 Å². The lowest BCUT2D eigenvalue weighted by Crippen LogP contribution is -2.44. The lowest BCUT2D eigenvalue weighted by atomic mass is 9.95. The van der Waals surface area contributed by atoms with Gasteiger partial charge in [-0.2, -0.15) is 5.06 Å². The van der Waals surface area contributed by atoms with E-state index in [9.17, 15) is 15.0 Å². The summed E-state index contributed by atoms with van der Waals surface area (Å²) >= 11 is 0. The summed E-state index contributed by atoms with van der Waals surface area (Å²) in [7, 11) is 0. The van der Waals surface area contributed by atoms with E-state index in [4.69, 9.17) is 10.6 Å². The third kappa shape index (κ3) is 2.99. The van der Waals surface area contributed by atoms with Crippen molar-refractivity contribution >= 4 is 5.91 Å². The molecule has 0 aromatic heterocycles. The summed E-state index contributed by atoms with van der Waals surface area (Å²) in [5.74, 6) is -1.07. The molecule has 1 unspecified atom stereocenters. The van der Waals surface area contributed by atoms with Crippen LogP contribution in [0.4, 0.5) is 0 Å². The Morgan fingerprint density at radius 1 is 1.40 bits per heavy atom. The first-order chi connectivity index (χ1) is 9.56. The number of nitrogens with zero attached hydrogens (tertiary/aromatic N) is 1. The van der Waals surface area contributed by atoms with Crippen molar-refractivity contribution in [2.45, 2.75) is 25.6 Å². The Morgan fingerprint density at radius 2 is 2.15 bits per heavy atom. The third-order valence-electron chi connectivity index (χ3n) is 3.57. The monoisotopic (exact) mass is 280 g/mol. The van der Waals surface area contributed by atoms with Crippen LogP contribution in [0, 0.1) is 12.8 Å². The summed E-state index contributed by atoms with van der Waals surface area (Å²) < 4.78 is 0. The fourth-order valence-electron chi connectivity index (χ4n) is 2.60. The van der Waals surface area contributed by atoms with Crippen molar-refractivity contribution in [3.05, 3.63) is 35.4 Å². The van der Waals surface area contributed by atoms with Crippen molar-refractivity contribution in [1.29, 1.82) is 0 Å². The highest BCUT2D eigenvalue weighted by molar-refractivity contribution is 5.80. The van der Waals surface area contributed by atoms with Gasteiger partial charge in [-0.3, -0.25) is 9.63 Å². The van der Waals surface area contributed by atoms with E-state index in [1.807, 2.05) is 31.2 Å². The largest absolute Gasteiger partial charge is 0.396 e. The highest BCUT2D eigenvalue weighted by atomic mass is 16.7. The molecular weight excluding hydrogens is 260 g/mol. The van der Waals surface area contributed by atoms with Crippen molar-refractivity contribution in [2.24, 2.45) is 11.7 Å². The normalized spacial score (nSPS) is 26.9. The summed E-state index contributed by atoms with van der Waals surface area (Å²) in [6.45, 7) is 1.83. The standard InChI is InChI=1S/C14H20N2O4/c1-9-3-2-4-10(5-9)6-16-13(14(15)19)11(7-17)12(8-18)20-16/h2-5,11-13,17-18H,6-8H2,1H3,(H2,15,19)/t11-,12?,13+/m1/s1. The number of aliphatic hydroxyl groups is 2. The molecular formula is C14H20N2O4. The first-order valence-corrected chi connectivity index (χ1v) is 6.56. The van der Waals surface area contributed by atoms with Crippen LogP contribution >= 0.6 is 0 Å². The van der Waals surface area contributed by atoms with Gasteiger partial charge in [0.2, 0.25) is 5.91 Å². The third-order valence-corrected chi connectivity index (χ3v) is 3.57. The molecule has 2 rings (SSSR count). The predicted octanol–water partition coefficient (Wildman–Crippen LogP) is -0.434. The maximum atomic E-state index is 11.6. The molecule has 4 N–H and O–H groups in total. The molecule has 110 valence electrons. The second-order valence-electron chi connectivity index (χ2n) is 5.08. The number of hydrogen-bond donors (Lipinski definition) is 3. The fourth-order valence-corrected chi connectivity index (χ4v) is 2.60. The van der Waals surface area contributed by atoms with E-state index >= 15 is 0 Å². The topological polar surface area (TPSA) is 96.0 Å². The first-order valence-electron chi connectivity index (χ1n) is 6.56. The van der Waals surface area contributed by atoms with Gasteiger partial charge in [0, 0.05) is 5.92 Å². The van der Waals surface area contributed by atoms with Gasteiger partial charge in [0.15, 0.2) is 0 Å². The average molecular weight is 280 g/mol. The van der Waals surface area contributed by atoms with Crippen LogP contribution in [-0.2, 0) is 16.2 Å². The highest BCUT2D eigenvalue weighted by Gasteiger charge is 2.45. The average Bonchev–Trinajstić information content (AvgIpc) is 2.76. The maximum absolute atomic E-state index is 11.6. The van der Waals surface area contributed by atoms with Gasteiger partial charge < -0.3 is 15.9 Å². The second-order valence-corrected chi connectivity index (χ2v) is 5.08. The van der Waals surface area contributed by atoms with Gasteiger partial charge >= 0.3 is 0 Å². The van der Waals surface area contributed by atoms with Crippen molar-refractivity contribution in [1.82, 2.24) is 5.06 Å². The summed E-state index contributed by atoms with van der Waals surface area (Å²) in [4.78, 5) is 17.2. The lowest BCUT2D eigenvalue weighted by Gasteiger charge is -2.22. The predicted molar refractivity (Wildman–Crippen MR) is 72.2 cm³/mol. The molecule has 1 heterocycles. The van der Waals surface area contributed by atoms with Gasteiger partial charge in [0.05, 0.1) is 19.8 Å². The zero-order chi connectivity index (χ0) is 14.7. The molecule has 6 heteroatoms. The quantitative estimate of drug-likeness (QED) is 0.680. The molecule has 6 nitrogen and oxygen atoms in total. The van der Waals surface area contributed by atoms with E-state index in [2.05, 4.69) is 0 Å². The number of nitrogens with two attached hydrogens (primary N) is 1. The molecule has 1 aliphatic rings. The van der Waals surface area contributed by atoms with E-state index in [-0.39, 0.29) is 13.2 Å². The molecule has 1 aliphatic heterocycles. The van der Waals surface area contributed by atoms with Crippen molar-refractivity contribution < 1.29 is 19.8 Å². The molecule has 0 bridgehead atoms. The Kier molecular flexibility index (Phi) is 4.72. The van der Waals surface area contributed by atoms with Crippen LogP contribution in [0.25, 0.3) is 0 Å². The zero-order valence-corrected chi connectivity index (χ0v) is 11.4. The van der Waals surface area contributed by atoms with Gasteiger partial charge in [-0.15, -0.1) is 0 Å². The SMILES string of the molecule is Cc1cccc(CN2OC(CO)[C@@H](CO)[C@H]2C(N)=O)c1. The fraction of sp³-hybridized carbons (Fsp3) is 0.500. The number of carbonyl (C=O) groups excluding carboxylic acids is 1. The van der Waals surface area contributed by atoms with Gasteiger partial charge in [-0.1, -0.05) is 29.8 Å². The van der Waals surface area contributed by atoms with Gasteiger partial charge in [0.1, 0.15) is 12.1 Å². The number of hydrogen-bond acceptors (Lipinski definition) is 5. The Bertz CT molecular complexity index is 480. The summed E-state index contributed by atoms with van der Waals surface area (Å²) in [5, 5.41) is 20.1. The van der Waals surface area contributed by atoms with Crippen LogP contribution in [0.15, 0.2) is 24.3 Å². The Morgan fingerprint density at radius 3 is 2.70 bits per heavy atom. The van der Waals surface area contributed by atoms with Gasteiger partial charge in [-0.25, -0.2) is 0 Å². The molecule has 20 heavy (non-hydrogen) atoms. The number of amides is 1. The Hall–Kier alpha value is -1.47. The number of hydroxylamine groups is 2. The number of benzene rings is 1. The minimum absolute atomic E-state index is 0.261. The van der Waals surface area contributed by atoms with E-state index < -0.39 is 24.0 Å². The van der Waals surface area contributed by atoms with E-state index in [1.54, 1.807) is 0 Å². The molecule has 0 spiro atoms. The summed E-state index contributed by atoms with van der Waals surface area (Å²) in [6, 6.07) is 7.08. The summed E-state index contributed by atoms with van der Waals surface area (Å²) in [6.07, 6.45) is -0.609. The molecule has 3 atom stereocenters. The summed E-state index contributed by atoms with van der Waals surface area (Å²) in [5.41, 5.74) is 7.49. The minimum Gasteiger partial charge on any atom is -0.396 e. The number of aliphatic hydroxyl groups excluding tert-OH is 2. The molecule has 1 saturated heterocycles. The lowest BCUT2D eigenvalue weighted by molar-refractivity contribution is -0.180. The number of carbonyl (C=O) groups is 1. The van der Waals surface area contributed by atoms with Crippen molar-refractivity contribution in [3.8, 4) is 0 Å². The van der Waals surface area contributed by atoms with Crippen LogP contribution in [-0.4, -0.2) is 46.5 Å². The molecule has 1 aromatic carbocycles.